The Hall–Kier alpha value is -2.43. The van der Waals surface area contributed by atoms with E-state index in [2.05, 4.69) is 0 Å². The Labute approximate surface area is 152 Å². The maximum atomic E-state index is 13.8. The summed E-state index contributed by atoms with van der Waals surface area (Å²) in [5.74, 6) is -0.806. The molecule has 1 amide bonds. The molecule has 5 heteroatoms. The van der Waals surface area contributed by atoms with Crippen molar-refractivity contribution in [2.75, 3.05) is 13.1 Å². The quantitative estimate of drug-likeness (QED) is 0.875. The molecule has 26 heavy (non-hydrogen) atoms. The molecule has 3 nitrogen and oxygen atoms in total. The largest absolute Gasteiger partial charge is 0.508 e. The van der Waals surface area contributed by atoms with E-state index >= 15 is 0 Å². The summed E-state index contributed by atoms with van der Waals surface area (Å²) in [6, 6.07) is 8.86. The van der Waals surface area contributed by atoms with E-state index in [1.165, 1.54) is 24.3 Å². The van der Waals surface area contributed by atoms with Crippen LogP contribution in [0.15, 0.2) is 36.4 Å². The average Bonchev–Trinajstić information content (AvgIpc) is 2.63. The number of aryl methyl sites for hydroxylation is 1. The standard InChI is InChI=1S/C21H23F2NO2/c1-14-7-9-16(12-20(14)25)21(26)24-11-3-4-15(13-24)8-10-17-18(22)5-2-6-19(17)23/h2,5-7,9,12,15,25H,3-4,8,10-11,13H2,1H3/t15-/m0/s1. The first-order valence-corrected chi connectivity index (χ1v) is 8.97. The van der Waals surface area contributed by atoms with Gasteiger partial charge in [-0.3, -0.25) is 4.79 Å². The Bertz CT molecular complexity index is 786. The number of phenols is 1. The maximum absolute atomic E-state index is 13.8. The number of nitrogens with zero attached hydrogens (tertiary/aromatic N) is 1. The number of hydrogen-bond acceptors (Lipinski definition) is 2. The summed E-state index contributed by atoms with van der Waals surface area (Å²) >= 11 is 0. The maximum Gasteiger partial charge on any atom is 0.253 e. The normalized spacial score (nSPS) is 17.3. The topological polar surface area (TPSA) is 40.5 Å². The van der Waals surface area contributed by atoms with Crippen molar-refractivity contribution < 1.29 is 18.7 Å². The van der Waals surface area contributed by atoms with Gasteiger partial charge < -0.3 is 10.0 Å². The van der Waals surface area contributed by atoms with Crippen molar-refractivity contribution in [3.8, 4) is 5.75 Å². The molecule has 1 atom stereocenters. The monoisotopic (exact) mass is 359 g/mol. The highest BCUT2D eigenvalue weighted by Crippen LogP contribution is 2.25. The molecule has 0 aliphatic carbocycles. The molecule has 2 aromatic rings. The summed E-state index contributed by atoms with van der Waals surface area (Å²) in [6.45, 7) is 3.02. The van der Waals surface area contributed by atoms with E-state index in [4.69, 9.17) is 0 Å². The molecular formula is C21H23F2NO2. The lowest BCUT2D eigenvalue weighted by atomic mass is 9.91. The number of amides is 1. The second kappa shape index (κ2) is 7.85. The number of aromatic hydroxyl groups is 1. The molecule has 1 aliphatic heterocycles. The molecule has 1 aliphatic rings. The third-order valence-corrected chi connectivity index (χ3v) is 5.13. The smallest absolute Gasteiger partial charge is 0.253 e. The van der Waals surface area contributed by atoms with Gasteiger partial charge in [-0.15, -0.1) is 0 Å². The van der Waals surface area contributed by atoms with Gasteiger partial charge in [0.1, 0.15) is 17.4 Å². The molecule has 3 rings (SSSR count). The first kappa shape index (κ1) is 18.4. The van der Waals surface area contributed by atoms with Crippen molar-refractivity contribution in [2.24, 2.45) is 5.92 Å². The molecule has 1 saturated heterocycles. The minimum Gasteiger partial charge on any atom is -0.508 e. The van der Waals surface area contributed by atoms with Crippen molar-refractivity contribution in [1.82, 2.24) is 4.90 Å². The highest BCUT2D eigenvalue weighted by Gasteiger charge is 2.25. The number of rotatable bonds is 4. The van der Waals surface area contributed by atoms with Crippen molar-refractivity contribution in [3.63, 3.8) is 0 Å². The van der Waals surface area contributed by atoms with E-state index in [-0.39, 0.29) is 23.1 Å². The fourth-order valence-corrected chi connectivity index (χ4v) is 3.53. The summed E-state index contributed by atoms with van der Waals surface area (Å²) in [5, 5.41) is 9.82. The van der Waals surface area contributed by atoms with Crippen molar-refractivity contribution >= 4 is 5.91 Å². The zero-order valence-corrected chi connectivity index (χ0v) is 14.8. The van der Waals surface area contributed by atoms with Gasteiger partial charge in [-0.1, -0.05) is 12.1 Å². The van der Waals surface area contributed by atoms with Crippen LogP contribution >= 0.6 is 0 Å². The lowest BCUT2D eigenvalue weighted by Crippen LogP contribution is -2.40. The Morgan fingerprint density at radius 2 is 1.96 bits per heavy atom. The second-order valence-corrected chi connectivity index (χ2v) is 7.00. The average molecular weight is 359 g/mol. The molecule has 2 aromatic carbocycles. The predicted molar refractivity (Wildman–Crippen MR) is 96.2 cm³/mol. The minimum atomic E-state index is -0.510. The van der Waals surface area contributed by atoms with Crippen LogP contribution in [-0.2, 0) is 6.42 Å². The van der Waals surface area contributed by atoms with E-state index < -0.39 is 11.6 Å². The number of phenolic OH excluding ortho intramolecular Hbond substituents is 1. The summed E-state index contributed by atoms with van der Waals surface area (Å²) in [6.07, 6.45) is 2.78. The first-order chi connectivity index (χ1) is 12.5. The highest BCUT2D eigenvalue weighted by atomic mass is 19.1. The predicted octanol–water partition coefficient (Wildman–Crippen LogP) is 4.46. The number of benzene rings is 2. The Morgan fingerprint density at radius 3 is 2.65 bits per heavy atom. The van der Waals surface area contributed by atoms with Crippen LogP contribution in [0.3, 0.4) is 0 Å². The lowest BCUT2D eigenvalue weighted by molar-refractivity contribution is 0.0667. The van der Waals surface area contributed by atoms with E-state index in [9.17, 15) is 18.7 Å². The highest BCUT2D eigenvalue weighted by molar-refractivity contribution is 5.94. The van der Waals surface area contributed by atoms with Gasteiger partial charge in [-0.05, 0) is 68.4 Å². The van der Waals surface area contributed by atoms with Crippen LogP contribution in [0.1, 0.15) is 40.7 Å². The fraction of sp³-hybridized carbons (Fsp3) is 0.381. The van der Waals surface area contributed by atoms with Crippen molar-refractivity contribution in [1.29, 1.82) is 0 Å². The lowest BCUT2D eigenvalue weighted by Gasteiger charge is -2.33. The van der Waals surface area contributed by atoms with Crippen molar-refractivity contribution in [2.45, 2.75) is 32.6 Å². The molecule has 0 bridgehead atoms. The van der Waals surface area contributed by atoms with E-state index in [0.717, 1.165) is 18.4 Å². The molecule has 1 fully saturated rings. The number of carbonyl (C=O) groups excluding carboxylic acids is 1. The van der Waals surface area contributed by atoms with Gasteiger partial charge in [0.15, 0.2) is 0 Å². The molecule has 0 aromatic heterocycles. The second-order valence-electron chi connectivity index (χ2n) is 7.00. The fourth-order valence-electron chi connectivity index (χ4n) is 3.53. The van der Waals surface area contributed by atoms with Gasteiger partial charge in [0.05, 0.1) is 0 Å². The summed E-state index contributed by atoms with van der Waals surface area (Å²) in [4.78, 5) is 14.5. The molecule has 1 heterocycles. The van der Waals surface area contributed by atoms with E-state index in [1.54, 1.807) is 24.0 Å². The molecule has 138 valence electrons. The third-order valence-electron chi connectivity index (χ3n) is 5.13. The van der Waals surface area contributed by atoms with Gasteiger partial charge in [0, 0.05) is 24.2 Å². The molecular weight excluding hydrogens is 336 g/mol. The zero-order chi connectivity index (χ0) is 18.7. The van der Waals surface area contributed by atoms with Crippen LogP contribution in [0.25, 0.3) is 0 Å². The summed E-state index contributed by atoms with van der Waals surface area (Å²) in [5.41, 5.74) is 1.32. The zero-order valence-electron chi connectivity index (χ0n) is 14.8. The number of likely N-dealkylation sites (tertiary alicyclic amines) is 1. The Morgan fingerprint density at radius 1 is 1.23 bits per heavy atom. The minimum absolute atomic E-state index is 0.109. The molecule has 0 radical (unpaired) electrons. The van der Waals surface area contributed by atoms with Crippen LogP contribution in [0, 0.1) is 24.5 Å². The molecule has 0 unspecified atom stereocenters. The van der Waals surface area contributed by atoms with Gasteiger partial charge in [0.25, 0.3) is 5.91 Å². The van der Waals surface area contributed by atoms with Gasteiger partial charge in [-0.25, -0.2) is 8.78 Å². The van der Waals surface area contributed by atoms with Crippen LogP contribution in [0.2, 0.25) is 0 Å². The molecule has 1 N–H and O–H groups in total. The molecule has 0 saturated carbocycles. The van der Waals surface area contributed by atoms with Crippen LogP contribution in [0.5, 0.6) is 5.75 Å². The Balaban J connectivity index is 1.63. The first-order valence-electron chi connectivity index (χ1n) is 8.97. The van der Waals surface area contributed by atoms with Gasteiger partial charge >= 0.3 is 0 Å². The number of hydrogen-bond donors (Lipinski definition) is 1. The van der Waals surface area contributed by atoms with Gasteiger partial charge in [0.2, 0.25) is 0 Å². The van der Waals surface area contributed by atoms with E-state index in [1.807, 2.05) is 0 Å². The summed E-state index contributed by atoms with van der Waals surface area (Å²) < 4.78 is 27.5. The van der Waals surface area contributed by atoms with Crippen LogP contribution in [0.4, 0.5) is 8.78 Å². The van der Waals surface area contributed by atoms with Crippen molar-refractivity contribution in [3.05, 3.63) is 64.7 Å². The third kappa shape index (κ3) is 4.03. The van der Waals surface area contributed by atoms with Gasteiger partial charge in [-0.2, -0.15) is 0 Å². The SMILES string of the molecule is Cc1ccc(C(=O)N2CCC[C@@H](CCc3c(F)cccc3F)C2)cc1O. The van der Waals surface area contributed by atoms with Crippen LogP contribution < -0.4 is 0 Å². The molecule has 0 spiro atoms. The number of halogens is 2. The van der Waals surface area contributed by atoms with E-state index in [0.29, 0.717) is 31.5 Å². The number of piperidine rings is 1. The van der Waals surface area contributed by atoms with Crippen LogP contribution in [-0.4, -0.2) is 29.0 Å². The summed E-state index contributed by atoms with van der Waals surface area (Å²) in [7, 11) is 0. The Kier molecular flexibility index (Phi) is 5.55. The number of carbonyl (C=O) groups is 1.